The van der Waals surface area contributed by atoms with Gasteiger partial charge in [0, 0.05) is 30.3 Å². The molecule has 1 fully saturated rings. The monoisotopic (exact) mass is 401 g/mol. The number of carbonyl (C=O) groups is 1. The number of nitrogens with one attached hydrogen (secondary N) is 1. The molecule has 0 radical (unpaired) electrons. The third kappa shape index (κ3) is 5.63. The smallest absolute Gasteiger partial charge is 0.258 e. The maximum Gasteiger partial charge on any atom is 0.258 e. The summed E-state index contributed by atoms with van der Waals surface area (Å²) >= 11 is 0. The van der Waals surface area contributed by atoms with Gasteiger partial charge in [0.05, 0.1) is 0 Å². The molecule has 1 aliphatic carbocycles. The van der Waals surface area contributed by atoms with Gasteiger partial charge in [-0.25, -0.2) is 13.4 Å². The SMILES string of the molecule is CS(=O)(=O)/C=C/CNC(=O)c1cnc(C2CCCC2)nc1Oc1ccccc1. The molecular weight excluding hydrogens is 378 g/mol. The standard InChI is InChI=1S/C20H23N3O4S/c1-28(25,26)13-7-12-21-19(24)17-14-22-18(15-8-5-6-9-15)23-20(17)27-16-10-3-2-4-11-16/h2-4,7,10-11,13-15H,5-6,8-9,12H2,1H3,(H,21,24)/b13-7+. The van der Waals surface area contributed by atoms with Gasteiger partial charge in [0.25, 0.3) is 5.91 Å². The van der Waals surface area contributed by atoms with Crippen LogP contribution in [0.5, 0.6) is 11.6 Å². The largest absolute Gasteiger partial charge is 0.438 e. The second-order valence-electron chi connectivity index (χ2n) is 6.75. The molecule has 148 valence electrons. The van der Waals surface area contributed by atoms with Gasteiger partial charge in [0.15, 0.2) is 9.84 Å². The molecule has 2 aromatic rings. The Labute approximate surface area is 164 Å². The number of aromatic nitrogens is 2. The first-order valence-electron chi connectivity index (χ1n) is 9.17. The van der Waals surface area contributed by atoms with Crippen LogP contribution in [0.15, 0.2) is 48.0 Å². The highest BCUT2D eigenvalue weighted by molar-refractivity contribution is 7.93. The molecule has 1 aromatic carbocycles. The van der Waals surface area contributed by atoms with Crippen LogP contribution in [0.25, 0.3) is 0 Å². The van der Waals surface area contributed by atoms with Gasteiger partial charge in [-0.2, -0.15) is 4.98 Å². The van der Waals surface area contributed by atoms with Crippen molar-refractivity contribution in [1.82, 2.24) is 15.3 Å². The third-order valence-electron chi connectivity index (χ3n) is 4.42. The highest BCUT2D eigenvalue weighted by Gasteiger charge is 2.23. The molecule has 0 spiro atoms. The van der Waals surface area contributed by atoms with Crippen LogP contribution in [0, 0.1) is 0 Å². The van der Waals surface area contributed by atoms with Crippen LogP contribution in [0.2, 0.25) is 0 Å². The molecule has 1 heterocycles. The van der Waals surface area contributed by atoms with Crippen molar-refractivity contribution in [2.24, 2.45) is 0 Å². The Morgan fingerprint density at radius 2 is 1.96 bits per heavy atom. The van der Waals surface area contributed by atoms with Crippen molar-refractivity contribution in [3.8, 4) is 11.6 Å². The van der Waals surface area contributed by atoms with Crippen molar-refractivity contribution in [1.29, 1.82) is 0 Å². The third-order valence-corrected chi connectivity index (χ3v) is 5.11. The molecule has 1 aromatic heterocycles. The molecule has 8 heteroatoms. The van der Waals surface area contributed by atoms with E-state index in [2.05, 4.69) is 15.3 Å². The van der Waals surface area contributed by atoms with Crippen molar-refractivity contribution < 1.29 is 17.9 Å². The zero-order valence-electron chi connectivity index (χ0n) is 15.7. The van der Waals surface area contributed by atoms with Crippen LogP contribution in [-0.2, 0) is 9.84 Å². The number of para-hydroxylation sites is 1. The predicted octanol–water partition coefficient (Wildman–Crippen LogP) is 3.21. The van der Waals surface area contributed by atoms with E-state index in [1.165, 1.54) is 12.3 Å². The number of hydrogen-bond donors (Lipinski definition) is 1. The van der Waals surface area contributed by atoms with E-state index < -0.39 is 15.7 Å². The molecule has 1 amide bonds. The molecule has 0 saturated heterocycles. The average molecular weight is 401 g/mol. The van der Waals surface area contributed by atoms with Crippen LogP contribution in [0.3, 0.4) is 0 Å². The van der Waals surface area contributed by atoms with Crippen LogP contribution in [0.4, 0.5) is 0 Å². The summed E-state index contributed by atoms with van der Waals surface area (Å²) < 4.78 is 28.1. The van der Waals surface area contributed by atoms with Gasteiger partial charge in [0.1, 0.15) is 17.1 Å². The number of nitrogens with zero attached hydrogens (tertiary/aromatic N) is 2. The predicted molar refractivity (Wildman–Crippen MR) is 106 cm³/mol. The number of amides is 1. The first-order chi connectivity index (χ1) is 13.4. The summed E-state index contributed by atoms with van der Waals surface area (Å²) in [7, 11) is -3.23. The second kappa shape index (κ2) is 8.97. The minimum atomic E-state index is -3.23. The van der Waals surface area contributed by atoms with Gasteiger partial charge in [-0.15, -0.1) is 0 Å². The highest BCUT2D eigenvalue weighted by atomic mass is 32.2. The second-order valence-corrected chi connectivity index (χ2v) is 8.69. The van der Waals surface area contributed by atoms with Gasteiger partial charge in [0.2, 0.25) is 5.88 Å². The van der Waals surface area contributed by atoms with E-state index >= 15 is 0 Å². The summed E-state index contributed by atoms with van der Waals surface area (Å²) in [6, 6.07) is 9.12. The summed E-state index contributed by atoms with van der Waals surface area (Å²) in [5.41, 5.74) is 0.207. The number of carbonyl (C=O) groups excluding carboxylic acids is 1. The van der Waals surface area contributed by atoms with E-state index in [9.17, 15) is 13.2 Å². The molecule has 0 bridgehead atoms. The van der Waals surface area contributed by atoms with E-state index in [4.69, 9.17) is 4.74 Å². The van der Waals surface area contributed by atoms with Crippen LogP contribution >= 0.6 is 0 Å². The molecular formula is C20H23N3O4S. The topological polar surface area (TPSA) is 98.2 Å². The van der Waals surface area contributed by atoms with Gasteiger partial charge in [-0.1, -0.05) is 37.1 Å². The summed E-state index contributed by atoms with van der Waals surface area (Å²) in [6.45, 7) is 0.0705. The van der Waals surface area contributed by atoms with E-state index in [1.807, 2.05) is 18.2 Å². The molecule has 28 heavy (non-hydrogen) atoms. The summed E-state index contributed by atoms with van der Waals surface area (Å²) in [5, 5.41) is 3.69. The number of rotatable bonds is 7. The van der Waals surface area contributed by atoms with Gasteiger partial charge in [-0.3, -0.25) is 4.79 Å². The molecule has 0 unspecified atom stereocenters. The summed E-state index contributed by atoms with van der Waals surface area (Å²) in [4.78, 5) is 21.5. The van der Waals surface area contributed by atoms with Crippen LogP contribution in [-0.4, -0.2) is 37.1 Å². The fourth-order valence-corrected chi connectivity index (χ4v) is 3.51. The zero-order valence-corrected chi connectivity index (χ0v) is 16.5. The Balaban J connectivity index is 1.81. The van der Waals surface area contributed by atoms with Crippen molar-refractivity contribution in [3.05, 3.63) is 59.4 Å². The highest BCUT2D eigenvalue weighted by Crippen LogP contribution is 2.33. The van der Waals surface area contributed by atoms with Gasteiger partial charge >= 0.3 is 0 Å². The van der Waals surface area contributed by atoms with Crippen molar-refractivity contribution >= 4 is 15.7 Å². The van der Waals surface area contributed by atoms with Crippen LogP contribution < -0.4 is 10.1 Å². The molecule has 1 N–H and O–H groups in total. The Hall–Kier alpha value is -2.74. The number of sulfone groups is 1. The molecule has 0 aliphatic heterocycles. The van der Waals surface area contributed by atoms with Gasteiger partial charge < -0.3 is 10.1 Å². The Morgan fingerprint density at radius 1 is 1.25 bits per heavy atom. The maximum absolute atomic E-state index is 12.6. The molecule has 1 aliphatic rings. The fourth-order valence-electron chi connectivity index (χ4n) is 3.06. The lowest BCUT2D eigenvalue weighted by Crippen LogP contribution is -2.25. The normalized spacial score (nSPS) is 15.0. The van der Waals surface area contributed by atoms with Crippen LogP contribution in [0.1, 0.15) is 47.8 Å². The average Bonchev–Trinajstić information content (AvgIpc) is 3.20. The lowest BCUT2D eigenvalue weighted by molar-refractivity contribution is 0.0954. The quantitative estimate of drug-likeness (QED) is 0.765. The first-order valence-corrected chi connectivity index (χ1v) is 11.1. The molecule has 0 atom stereocenters. The van der Waals surface area contributed by atoms with E-state index in [0.29, 0.717) is 11.6 Å². The van der Waals surface area contributed by atoms with Crippen molar-refractivity contribution in [3.63, 3.8) is 0 Å². The Morgan fingerprint density at radius 3 is 2.64 bits per heavy atom. The lowest BCUT2D eigenvalue weighted by Gasteiger charge is -2.13. The molecule has 3 rings (SSSR count). The Kier molecular flexibility index (Phi) is 6.41. The minimum absolute atomic E-state index is 0.0705. The van der Waals surface area contributed by atoms with Gasteiger partial charge in [-0.05, 0) is 25.0 Å². The first kappa shape index (κ1) is 20.0. The summed E-state index contributed by atoms with van der Waals surface area (Å²) in [6.07, 6.45) is 8.31. The zero-order chi connectivity index (χ0) is 20.0. The molecule has 7 nitrogen and oxygen atoms in total. The number of benzene rings is 1. The van der Waals surface area contributed by atoms with E-state index in [1.54, 1.807) is 12.1 Å². The van der Waals surface area contributed by atoms with E-state index in [0.717, 1.165) is 37.3 Å². The lowest BCUT2D eigenvalue weighted by atomic mass is 10.1. The Bertz CT molecular complexity index is 953. The van der Waals surface area contributed by atoms with Crippen molar-refractivity contribution in [2.75, 3.05) is 12.8 Å². The number of hydrogen-bond acceptors (Lipinski definition) is 6. The maximum atomic E-state index is 12.6. The van der Waals surface area contributed by atoms with Crippen molar-refractivity contribution in [2.45, 2.75) is 31.6 Å². The number of ether oxygens (including phenoxy) is 1. The minimum Gasteiger partial charge on any atom is -0.438 e. The fraction of sp³-hybridized carbons (Fsp3) is 0.350. The molecule has 1 saturated carbocycles. The van der Waals surface area contributed by atoms with E-state index in [-0.39, 0.29) is 23.9 Å². The summed E-state index contributed by atoms with van der Waals surface area (Å²) in [5.74, 6) is 1.32.